The van der Waals surface area contributed by atoms with Crippen molar-refractivity contribution < 1.29 is 102 Å². The summed E-state index contributed by atoms with van der Waals surface area (Å²) in [7, 11) is 10.5. The van der Waals surface area contributed by atoms with Gasteiger partial charge in [-0.3, -0.25) is 57.5 Å². The van der Waals surface area contributed by atoms with E-state index in [1.165, 1.54) is 59.1 Å². The Labute approximate surface area is 623 Å². The predicted octanol–water partition coefficient (Wildman–Crippen LogP) is 4.73. The summed E-state index contributed by atoms with van der Waals surface area (Å²) in [5.74, 6) is -15.5. The van der Waals surface area contributed by atoms with Gasteiger partial charge in [0.2, 0.25) is 70.9 Å². The third-order valence-electron chi connectivity index (χ3n) is 21.5. The highest BCUT2D eigenvalue weighted by molar-refractivity contribution is 6.01. The smallest absolute Gasteiger partial charge is 0.379 e. The van der Waals surface area contributed by atoms with Gasteiger partial charge in [0.25, 0.3) is 0 Å². The first-order valence-electron chi connectivity index (χ1n) is 36.6. The van der Waals surface area contributed by atoms with Crippen LogP contribution in [0.25, 0.3) is 0 Å². The summed E-state index contributed by atoms with van der Waals surface area (Å²) < 4.78 is 126. The van der Waals surface area contributed by atoms with Crippen LogP contribution in [0.15, 0.2) is 48.6 Å². The lowest BCUT2D eigenvalue weighted by atomic mass is 9.74. The molecule has 3 aliphatic heterocycles. The van der Waals surface area contributed by atoms with Crippen LogP contribution >= 0.6 is 0 Å². The number of amides is 12. The average Bonchev–Trinajstić information content (AvgIpc) is 1.17. The highest BCUT2D eigenvalue weighted by Crippen LogP contribution is 2.40. The number of hydrogen-bond donors (Lipinski definition) is 3. The largest absolute Gasteiger partial charge is 0.422 e. The van der Waals surface area contributed by atoms with E-state index >= 15 is 37.5 Å². The number of carbonyl (C=O) groups is 12. The quantitative estimate of drug-likeness (QED) is 0.170. The van der Waals surface area contributed by atoms with E-state index in [9.17, 15) is 55.1 Å². The van der Waals surface area contributed by atoms with Gasteiger partial charge in [-0.05, 0) is 119 Å². The minimum atomic E-state index is -5.46. The number of benzene rings is 2. The molecule has 2 aromatic carbocycles. The standard InChI is InChI=1S/C74H102F8N12O14/c1-13-43(4)61-69(104)88(8)41-59(97)89(9)52-24-17-16-20-33-93(68(52)103)55(36-44-25-28-47(29-26-44)73(77,78)79)67(102)87(7)40-57(95)83-51(30-27-45-34-49(75)60(50(76)35-45)74(80,81)82)65(100)94-39-48(108-15-3)37-53(94)64(99)85-72(31-21-32-72)71(106)92(12)62(46-22-18-19-23-46)70(105)91(11)54(66(101)86(5)6)38-58(96)90(10)56(42-107-14-2)63(98)84-61/h16-17,25-26,28-29,34-35,43,46,48,51-56,61-62H,13-15,18-24,27,30-33,36-42H2,1-12H3,(H,83,95)(H,84,98)(H,85,99)/b17-16-/t43-,48+,51-,52-,53-,54-,55-,56-,61-,62-/m0/s1. The Hall–Kier alpha value is -8.82. The van der Waals surface area contributed by atoms with Crippen molar-refractivity contribution in [2.45, 2.75) is 196 Å². The van der Waals surface area contributed by atoms with Gasteiger partial charge in [-0.2, -0.15) is 26.3 Å². The molecule has 2 bridgehead atoms. The fourth-order valence-corrected chi connectivity index (χ4v) is 14.7. The molecule has 0 unspecified atom stereocenters. The maximum Gasteiger partial charge on any atom is 0.422 e. The van der Waals surface area contributed by atoms with Gasteiger partial charge < -0.3 is 69.5 Å². The number of halogens is 8. The van der Waals surface area contributed by atoms with E-state index in [0.29, 0.717) is 44.2 Å². The monoisotopic (exact) mass is 1530 g/mol. The lowest BCUT2D eigenvalue weighted by Gasteiger charge is -2.46. The summed E-state index contributed by atoms with van der Waals surface area (Å²) in [4.78, 5) is 190. The van der Waals surface area contributed by atoms with Crippen LogP contribution in [-0.4, -0.2) is 277 Å². The Balaban J connectivity index is 1.35. The Kier molecular flexibility index (Phi) is 29.7. The first-order chi connectivity index (χ1) is 50.7. The maximum absolute atomic E-state index is 15.5. The highest BCUT2D eigenvalue weighted by Gasteiger charge is 2.54. The van der Waals surface area contributed by atoms with Gasteiger partial charge >= 0.3 is 12.4 Å². The zero-order chi connectivity index (χ0) is 80.2. The molecule has 108 heavy (non-hydrogen) atoms. The molecule has 34 heteroatoms. The number of alkyl halides is 6. The molecule has 7 rings (SSSR count). The fourth-order valence-electron chi connectivity index (χ4n) is 14.7. The van der Waals surface area contributed by atoms with Crippen molar-refractivity contribution >= 4 is 70.9 Å². The van der Waals surface area contributed by atoms with E-state index in [4.69, 9.17) is 9.47 Å². The molecule has 26 nitrogen and oxygen atoms in total. The molecule has 1 spiro atoms. The van der Waals surface area contributed by atoms with Crippen LogP contribution in [-0.2, 0) is 92.2 Å². The topological polar surface area (TPSA) is 289 Å². The molecule has 598 valence electrons. The summed E-state index contributed by atoms with van der Waals surface area (Å²) in [5, 5.41) is 8.17. The Bertz CT molecular complexity index is 3630. The van der Waals surface area contributed by atoms with Crippen molar-refractivity contribution in [1.29, 1.82) is 0 Å². The van der Waals surface area contributed by atoms with E-state index in [1.54, 1.807) is 39.8 Å². The third kappa shape index (κ3) is 20.5. The van der Waals surface area contributed by atoms with Gasteiger partial charge in [0.1, 0.15) is 71.1 Å². The van der Waals surface area contributed by atoms with Crippen LogP contribution in [0.1, 0.15) is 133 Å². The number of likely N-dealkylation sites (N-methyl/N-ethyl adjacent to an activating group) is 7. The lowest BCUT2D eigenvalue weighted by molar-refractivity contribution is -0.158. The van der Waals surface area contributed by atoms with Crippen molar-refractivity contribution in [2.75, 3.05) is 102 Å². The Morgan fingerprint density at radius 3 is 1.86 bits per heavy atom. The minimum absolute atomic E-state index is 0.0253. The van der Waals surface area contributed by atoms with E-state index in [1.807, 2.05) is 0 Å². The Morgan fingerprint density at radius 2 is 1.30 bits per heavy atom. The minimum Gasteiger partial charge on any atom is -0.379 e. The zero-order valence-electron chi connectivity index (χ0n) is 63.3. The number of aryl methyl sites for hydroxylation is 1. The molecule has 2 aromatic rings. The number of ether oxygens (including phenoxy) is 2. The van der Waals surface area contributed by atoms with Crippen molar-refractivity contribution in [2.24, 2.45) is 11.8 Å². The van der Waals surface area contributed by atoms with E-state index in [0.717, 1.165) is 65.6 Å². The van der Waals surface area contributed by atoms with Crippen LogP contribution in [0.3, 0.4) is 0 Å². The second-order valence-electron chi connectivity index (χ2n) is 29.0. The van der Waals surface area contributed by atoms with Crippen molar-refractivity contribution in [3.05, 3.63) is 82.4 Å². The number of carbonyl (C=O) groups excluding carboxylic acids is 12. The van der Waals surface area contributed by atoms with Crippen molar-refractivity contribution in [3.63, 3.8) is 0 Å². The van der Waals surface area contributed by atoms with Gasteiger partial charge in [-0.25, -0.2) is 8.78 Å². The van der Waals surface area contributed by atoms with Crippen LogP contribution in [0.2, 0.25) is 0 Å². The first kappa shape index (κ1) is 86.4. The lowest BCUT2D eigenvalue weighted by Crippen LogP contribution is -2.68. The third-order valence-corrected chi connectivity index (χ3v) is 21.5. The molecule has 3 heterocycles. The average molecular weight is 1540 g/mol. The van der Waals surface area contributed by atoms with Gasteiger partial charge in [0.15, 0.2) is 0 Å². The van der Waals surface area contributed by atoms with E-state index < -0.39 is 229 Å². The molecule has 5 aliphatic rings. The molecule has 3 N–H and O–H groups in total. The number of hydrogen-bond acceptors (Lipinski definition) is 14. The van der Waals surface area contributed by atoms with Crippen LogP contribution < -0.4 is 16.0 Å². The zero-order valence-corrected chi connectivity index (χ0v) is 63.3. The van der Waals surface area contributed by atoms with E-state index in [-0.39, 0.29) is 70.4 Å². The molecule has 4 fully saturated rings. The SMILES string of the molecule is CCOC[C@H]1C(=O)N[C@@H]([C@@H](C)CC)C(=O)N(C)CC(=O)N(C)[C@H]2C/C=C\CCN(C2=O)[C@@H](Cc2ccc(C(F)(F)F)cc2)C(=O)N(C)CC(=O)N[C@@H](CCc2cc(F)c(C(F)(F)F)c(F)c2)C(=O)N2C[C@H](OCC)C[C@H]2C(=O)NC2(CCC2)C(=O)N(C)[C@@H](C2CCCC2)C(=O)N(C)[C@H](C(=O)N(C)C)CC(=O)N1C. The molecule has 10 atom stereocenters. The van der Waals surface area contributed by atoms with Gasteiger partial charge in [-0.15, -0.1) is 0 Å². The molecule has 2 saturated carbocycles. The second kappa shape index (κ2) is 37.1. The second-order valence-corrected chi connectivity index (χ2v) is 29.0. The molecular weight excluding hydrogens is 1430 g/mol. The number of fused-ring (bicyclic) bond motifs is 3. The maximum atomic E-state index is 15.5. The van der Waals surface area contributed by atoms with Gasteiger partial charge in [0, 0.05) is 95.5 Å². The molecule has 12 amide bonds. The fraction of sp³-hybridized carbons (Fsp3) is 0.649. The van der Waals surface area contributed by atoms with E-state index in [2.05, 4.69) is 16.0 Å². The summed E-state index contributed by atoms with van der Waals surface area (Å²) in [6.07, 6.45) is -7.70. The molecule has 0 aromatic heterocycles. The normalized spacial score (nSPS) is 26.0. The van der Waals surface area contributed by atoms with Crippen molar-refractivity contribution in [1.82, 2.24) is 60.0 Å². The van der Waals surface area contributed by atoms with Crippen LogP contribution in [0.5, 0.6) is 0 Å². The first-order valence-corrected chi connectivity index (χ1v) is 36.6. The number of nitrogens with one attached hydrogen (secondary N) is 3. The molecule has 2 aliphatic carbocycles. The molecule has 2 saturated heterocycles. The predicted molar refractivity (Wildman–Crippen MR) is 376 cm³/mol. The summed E-state index contributed by atoms with van der Waals surface area (Å²) in [6, 6.07) is -7.67. The van der Waals surface area contributed by atoms with Crippen LogP contribution in [0.4, 0.5) is 35.1 Å². The summed E-state index contributed by atoms with van der Waals surface area (Å²) in [6.45, 7) is 4.09. The van der Waals surface area contributed by atoms with Gasteiger partial charge in [-0.1, -0.05) is 57.4 Å². The number of rotatable bonds is 14. The molecular formula is C74H102F8N12O14. The van der Waals surface area contributed by atoms with Crippen molar-refractivity contribution in [3.8, 4) is 0 Å². The summed E-state index contributed by atoms with van der Waals surface area (Å²) in [5.41, 5.74) is -5.28. The Morgan fingerprint density at radius 1 is 0.667 bits per heavy atom. The molecule has 0 radical (unpaired) electrons. The summed E-state index contributed by atoms with van der Waals surface area (Å²) >= 11 is 0. The van der Waals surface area contributed by atoms with Gasteiger partial charge in [0.05, 0.1) is 37.8 Å². The number of nitrogens with zero attached hydrogens (tertiary/aromatic N) is 9. The van der Waals surface area contributed by atoms with Crippen LogP contribution in [0, 0.1) is 23.5 Å². The highest BCUT2D eigenvalue weighted by atomic mass is 19.4.